The van der Waals surface area contributed by atoms with Gasteiger partial charge in [0.25, 0.3) is 0 Å². The lowest BCUT2D eigenvalue weighted by Gasteiger charge is -2.32. The van der Waals surface area contributed by atoms with Crippen LogP contribution in [0.3, 0.4) is 0 Å². The molecule has 0 atom stereocenters. The van der Waals surface area contributed by atoms with Gasteiger partial charge in [0.1, 0.15) is 0 Å². The number of carbonyl (C=O) groups is 2. The molecule has 5 nitrogen and oxygen atoms in total. The fraction of sp³-hybridized carbons (Fsp3) is 0.385. The molecule has 0 saturated carbocycles. The maximum Gasteiger partial charge on any atom is 0.242 e. The van der Waals surface area contributed by atoms with E-state index in [1.54, 1.807) is 16.8 Å². The Kier molecular flexibility index (Phi) is 3.82. The Hall–Kier alpha value is -2.04. The molecule has 5 heteroatoms. The molecule has 2 amide bonds. The summed E-state index contributed by atoms with van der Waals surface area (Å²) in [5.74, 6) is -0.0467. The summed E-state index contributed by atoms with van der Waals surface area (Å²) < 4.78 is 0. The molecule has 0 aromatic heterocycles. The van der Waals surface area contributed by atoms with Crippen LogP contribution in [0.1, 0.15) is 0 Å². The molecule has 0 bridgehead atoms. The van der Waals surface area contributed by atoms with E-state index < -0.39 is 0 Å². The van der Waals surface area contributed by atoms with Crippen LogP contribution in [0.25, 0.3) is 0 Å². The van der Waals surface area contributed by atoms with Crippen LogP contribution in [0.2, 0.25) is 0 Å². The highest BCUT2D eigenvalue weighted by atomic mass is 16.2. The third kappa shape index (κ3) is 3.00. The summed E-state index contributed by atoms with van der Waals surface area (Å²) in [6, 6.07) is 9.55. The van der Waals surface area contributed by atoms with Gasteiger partial charge in [0.15, 0.2) is 0 Å². The molecule has 0 radical (unpaired) electrons. The molecular formula is C13H17N3O2. The minimum absolute atomic E-state index is 0.00527. The van der Waals surface area contributed by atoms with Gasteiger partial charge in [-0.1, -0.05) is 18.2 Å². The summed E-state index contributed by atoms with van der Waals surface area (Å²) >= 11 is 0. The van der Waals surface area contributed by atoms with Gasteiger partial charge in [-0.15, -0.1) is 0 Å². The quantitative estimate of drug-likeness (QED) is 0.841. The van der Waals surface area contributed by atoms with Crippen molar-refractivity contribution in [3.8, 4) is 0 Å². The van der Waals surface area contributed by atoms with Crippen LogP contribution in [-0.4, -0.2) is 54.8 Å². The number of benzene rings is 1. The lowest BCUT2D eigenvalue weighted by Crippen LogP contribution is -2.51. The normalized spacial score (nSPS) is 15.7. The van der Waals surface area contributed by atoms with Crippen molar-refractivity contribution in [1.82, 2.24) is 9.80 Å². The number of anilines is 1. The smallest absolute Gasteiger partial charge is 0.242 e. The Balaban J connectivity index is 1.83. The van der Waals surface area contributed by atoms with Gasteiger partial charge in [-0.2, -0.15) is 0 Å². The minimum Gasteiger partial charge on any atom is -0.376 e. The van der Waals surface area contributed by atoms with Crippen molar-refractivity contribution in [2.24, 2.45) is 0 Å². The van der Waals surface area contributed by atoms with E-state index in [-0.39, 0.29) is 24.9 Å². The largest absolute Gasteiger partial charge is 0.376 e. The minimum atomic E-state index is -0.0414. The van der Waals surface area contributed by atoms with E-state index in [1.165, 1.54) is 0 Å². The standard InChI is InChI=1S/C13H17N3O2/c1-15-7-8-16(10-13(15)18)12(17)9-14-11-5-3-2-4-6-11/h2-6,14H,7-10H2,1H3. The van der Waals surface area contributed by atoms with Gasteiger partial charge in [-0.05, 0) is 12.1 Å². The Labute approximate surface area is 106 Å². The molecule has 0 spiro atoms. The van der Waals surface area contributed by atoms with Crippen LogP contribution >= 0.6 is 0 Å². The van der Waals surface area contributed by atoms with Crippen LogP contribution < -0.4 is 5.32 Å². The summed E-state index contributed by atoms with van der Waals surface area (Å²) in [4.78, 5) is 26.7. The van der Waals surface area contributed by atoms with E-state index in [2.05, 4.69) is 5.32 Å². The first-order chi connectivity index (χ1) is 8.66. The van der Waals surface area contributed by atoms with Crippen molar-refractivity contribution in [2.75, 3.05) is 38.5 Å². The molecule has 2 rings (SSSR count). The van der Waals surface area contributed by atoms with Gasteiger partial charge in [-0.25, -0.2) is 0 Å². The average molecular weight is 247 g/mol. The van der Waals surface area contributed by atoms with E-state index in [0.717, 1.165) is 5.69 Å². The van der Waals surface area contributed by atoms with Crippen LogP contribution in [0.5, 0.6) is 0 Å². The third-order valence-electron chi connectivity index (χ3n) is 3.03. The number of piperazine rings is 1. The van der Waals surface area contributed by atoms with E-state index in [9.17, 15) is 9.59 Å². The molecule has 1 aliphatic rings. The molecule has 0 aliphatic carbocycles. The van der Waals surface area contributed by atoms with Crippen LogP contribution in [0, 0.1) is 0 Å². The van der Waals surface area contributed by atoms with E-state index in [0.29, 0.717) is 13.1 Å². The van der Waals surface area contributed by atoms with E-state index in [1.807, 2.05) is 30.3 Å². The number of likely N-dealkylation sites (N-methyl/N-ethyl adjacent to an activating group) is 1. The number of hydrogen-bond donors (Lipinski definition) is 1. The summed E-state index contributed by atoms with van der Waals surface area (Å²) in [6.45, 7) is 1.63. The third-order valence-corrected chi connectivity index (χ3v) is 3.03. The lowest BCUT2D eigenvalue weighted by atomic mass is 10.3. The number of para-hydroxylation sites is 1. The molecule has 1 aromatic carbocycles. The van der Waals surface area contributed by atoms with Crippen molar-refractivity contribution in [2.45, 2.75) is 0 Å². The highest BCUT2D eigenvalue weighted by molar-refractivity contribution is 5.87. The van der Waals surface area contributed by atoms with Gasteiger partial charge in [-0.3, -0.25) is 9.59 Å². The Morgan fingerprint density at radius 2 is 2.00 bits per heavy atom. The van der Waals surface area contributed by atoms with Crippen LogP contribution in [0.15, 0.2) is 30.3 Å². The Morgan fingerprint density at radius 3 is 2.67 bits per heavy atom. The fourth-order valence-corrected chi connectivity index (χ4v) is 1.82. The first-order valence-electron chi connectivity index (χ1n) is 5.97. The average Bonchev–Trinajstić information content (AvgIpc) is 2.40. The molecule has 1 aromatic rings. The Morgan fingerprint density at radius 1 is 1.28 bits per heavy atom. The molecule has 1 aliphatic heterocycles. The molecule has 1 saturated heterocycles. The number of nitrogens with one attached hydrogen (secondary N) is 1. The predicted octanol–water partition coefficient (Wildman–Crippen LogP) is 0.399. The number of amides is 2. The van der Waals surface area contributed by atoms with Crippen molar-refractivity contribution in [3.05, 3.63) is 30.3 Å². The highest BCUT2D eigenvalue weighted by Crippen LogP contribution is 2.06. The number of rotatable bonds is 3. The zero-order valence-corrected chi connectivity index (χ0v) is 10.4. The highest BCUT2D eigenvalue weighted by Gasteiger charge is 2.24. The molecule has 18 heavy (non-hydrogen) atoms. The van der Waals surface area contributed by atoms with Crippen molar-refractivity contribution < 1.29 is 9.59 Å². The summed E-state index contributed by atoms with van der Waals surface area (Å²) in [5.41, 5.74) is 0.909. The van der Waals surface area contributed by atoms with E-state index >= 15 is 0 Å². The number of nitrogens with zero attached hydrogens (tertiary/aromatic N) is 2. The number of hydrogen-bond acceptors (Lipinski definition) is 3. The van der Waals surface area contributed by atoms with Gasteiger partial charge in [0, 0.05) is 25.8 Å². The molecule has 1 heterocycles. The zero-order chi connectivity index (χ0) is 13.0. The summed E-state index contributed by atoms with van der Waals surface area (Å²) in [7, 11) is 1.76. The fourth-order valence-electron chi connectivity index (χ4n) is 1.82. The first-order valence-corrected chi connectivity index (χ1v) is 5.97. The predicted molar refractivity (Wildman–Crippen MR) is 69.1 cm³/mol. The van der Waals surface area contributed by atoms with Crippen molar-refractivity contribution in [1.29, 1.82) is 0 Å². The number of carbonyl (C=O) groups excluding carboxylic acids is 2. The van der Waals surface area contributed by atoms with E-state index in [4.69, 9.17) is 0 Å². The molecular weight excluding hydrogens is 230 g/mol. The second-order valence-corrected chi connectivity index (χ2v) is 4.35. The molecule has 0 unspecified atom stereocenters. The molecule has 1 fully saturated rings. The maximum absolute atomic E-state index is 11.9. The van der Waals surface area contributed by atoms with Gasteiger partial charge < -0.3 is 15.1 Å². The topological polar surface area (TPSA) is 52.6 Å². The van der Waals surface area contributed by atoms with Crippen molar-refractivity contribution in [3.63, 3.8) is 0 Å². The second-order valence-electron chi connectivity index (χ2n) is 4.35. The monoisotopic (exact) mass is 247 g/mol. The molecule has 1 N–H and O–H groups in total. The van der Waals surface area contributed by atoms with Crippen LogP contribution in [-0.2, 0) is 9.59 Å². The zero-order valence-electron chi connectivity index (χ0n) is 10.4. The lowest BCUT2D eigenvalue weighted by molar-refractivity contribution is -0.143. The Bertz CT molecular complexity index is 433. The summed E-state index contributed by atoms with van der Waals surface area (Å²) in [6.07, 6.45) is 0. The van der Waals surface area contributed by atoms with Gasteiger partial charge in [0.05, 0.1) is 13.1 Å². The van der Waals surface area contributed by atoms with Gasteiger partial charge >= 0.3 is 0 Å². The van der Waals surface area contributed by atoms with Crippen molar-refractivity contribution >= 4 is 17.5 Å². The van der Waals surface area contributed by atoms with Gasteiger partial charge in [0.2, 0.25) is 11.8 Å². The first kappa shape index (κ1) is 12.4. The summed E-state index contributed by atoms with van der Waals surface area (Å²) in [5, 5.41) is 3.05. The molecule has 96 valence electrons. The SMILES string of the molecule is CN1CCN(C(=O)CNc2ccccc2)CC1=O. The van der Waals surface area contributed by atoms with Crippen LogP contribution in [0.4, 0.5) is 5.69 Å². The second kappa shape index (κ2) is 5.53. The maximum atomic E-state index is 11.9.